The average molecular weight is 452 g/mol. The van der Waals surface area contributed by atoms with Gasteiger partial charge in [-0.15, -0.1) is 0 Å². The van der Waals surface area contributed by atoms with E-state index in [4.69, 9.17) is 16.2 Å². The third-order valence-corrected chi connectivity index (χ3v) is 7.08. The second kappa shape index (κ2) is 8.05. The largest absolute Gasteiger partial charge is 0.386 e. The van der Waals surface area contributed by atoms with Crippen molar-refractivity contribution < 1.29 is 14.6 Å². The molecule has 1 amide bonds. The molecule has 5 rings (SSSR count). The summed E-state index contributed by atoms with van der Waals surface area (Å²) in [6, 6.07) is 7.15. The Hall–Kier alpha value is -3.08. The van der Waals surface area contributed by atoms with E-state index in [1.165, 1.54) is 6.33 Å². The van der Waals surface area contributed by atoms with Gasteiger partial charge in [0, 0.05) is 31.6 Å². The molecule has 10 nitrogen and oxygen atoms in total. The lowest BCUT2D eigenvalue weighted by Gasteiger charge is -2.51. The fourth-order valence-electron chi connectivity index (χ4n) is 4.95. The smallest absolute Gasteiger partial charge is 0.253 e. The minimum absolute atomic E-state index is 0.0144. The molecule has 0 aliphatic carbocycles. The molecule has 174 valence electrons. The molecule has 5 N–H and O–H groups in total. The normalized spacial score (nSPS) is 24.9. The van der Waals surface area contributed by atoms with Gasteiger partial charge in [0.1, 0.15) is 17.4 Å². The van der Waals surface area contributed by atoms with Crippen LogP contribution in [-0.2, 0) is 11.3 Å². The molecule has 0 radical (unpaired) electrons. The summed E-state index contributed by atoms with van der Waals surface area (Å²) in [4.78, 5) is 27.6. The first-order chi connectivity index (χ1) is 15.8. The summed E-state index contributed by atoms with van der Waals surface area (Å²) in [6.07, 6.45) is 5.04. The molecule has 0 saturated carbocycles. The van der Waals surface area contributed by atoms with E-state index in [1.807, 2.05) is 33.7 Å². The first-order valence-electron chi connectivity index (χ1n) is 11.2. The number of likely N-dealkylation sites (tertiary alicyclic amines) is 1. The van der Waals surface area contributed by atoms with Gasteiger partial charge in [0.2, 0.25) is 0 Å². The number of anilines is 1. The number of hydrogen-bond acceptors (Lipinski definition) is 8. The van der Waals surface area contributed by atoms with Crippen molar-refractivity contribution in [2.75, 3.05) is 25.4 Å². The van der Waals surface area contributed by atoms with E-state index >= 15 is 0 Å². The van der Waals surface area contributed by atoms with E-state index < -0.39 is 11.2 Å². The number of piperidine rings is 1. The number of benzene rings is 1. The van der Waals surface area contributed by atoms with Crippen molar-refractivity contribution in [3.63, 3.8) is 0 Å². The van der Waals surface area contributed by atoms with Gasteiger partial charge in [-0.3, -0.25) is 4.79 Å². The molecular formula is C23H29N7O3. The van der Waals surface area contributed by atoms with Crippen LogP contribution in [0.3, 0.4) is 0 Å². The zero-order valence-corrected chi connectivity index (χ0v) is 18.6. The number of rotatable bonds is 3. The highest BCUT2D eigenvalue weighted by Gasteiger charge is 2.50. The van der Waals surface area contributed by atoms with Crippen molar-refractivity contribution in [2.24, 2.45) is 5.73 Å². The summed E-state index contributed by atoms with van der Waals surface area (Å²) in [5.74, 6) is 0.326. The van der Waals surface area contributed by atoms with Gasteiger partial charge >= 0.3 is 0 Å². The maximum Gasteiger partial charge on any atom is 0.253 e. The number of nitrogen functional groups attached to an aromatic ring is 1. The van der Waals surface area contributed by atoms with Gasteiger partial charge in [-0.25, -0.2) is 15.0 Å². The Balaban J connectivity index is 1.34. The SMILES string of the molecule is C[C@]1(O)COC2(CCN(C(=O)c3ccc(CN)cc3)CC2)C[C@@H]1n1cnc2c(N)ncnc21. The van der Waals surface area contributed by atoms with Crippen LogP contribution >= 0.6 is 0 Å². The van der Waals surface area contributed by atoms with Crippen molar-refractivity contribution in [1.82, 2.24) is 24.4 Å². The predicted octanol–water partition coefficient (Wildman–Crippen LogP) is 1.25. The van der Waals surface area contributed by atoms with Gasteiger partial charge in [-0.2, -0.15) is 0 Å². The van der Waals surface area contributed by atoms with Gasteiger partial charge in [-0.1, -0.05) is 12.1 Å². The van der Waals surface area contributed by atoms with Crippen LogP contribution in [0.4, 0.5) is 5.82 Å². The Bertz CT molecular complexity index is 1170. The quantitative estimate of drug-likeness (QED) is 0.539. The van der Waals surface area contributed by atoms with Crippen LogP contribution in [0.15, 0.2) is 36.9 Å². The van der Waals surface area contributed by atoms with Gasteiger partial charge < -0.3 is 30.8 Å². The van der Waals surface area contributed by atoms with Crippen LogP contribution in [0.1, 0.15) is 48.1 Å². The van der Waals surface area contributed by atoms with Crippen molar-refractivity contribution in [3.05, 3.63) is 48.0 Å². The molecule has 10 heteroatoms. The minimum Gasteiger partial charge on any atom is -0.386 e. The van der Waals surface area contributed by atoms with Crippen molar-refractivity contribution in [1.29, 1.82) is 0 Å². The Kier molecular flexibility index (Phi) is 5.31. The van der Waals surface area contributed by atoms with E-state index in [2.05, 4.69) is 15.0 Å². The van der Waals surface area contributed by atoms with E-state index in [-0.39, 0.29) is 18.6 Å². The fraction of sp³-hybridized carbons (Fsp3) is 0.478. The lowest BCUT2D eigenvalue weighted by Crippen LogP contribution is -2.57. The average Bonchev–Trinajstić information content (AvgIpc) is 3.26. The lowest BCUT2D eigenvalue weighted by molar-refractivity contribution is -0.198. The summed E-state index contributed by atoms with van der Waals surface area (Å²) < 4.78 is 8.14. The Morgan fingerprint density at radius 1 is 1.21 bits per heavy atom. The molecule has 2 aliphatic rings. The highest BCUT2D eigenvalue weighted by molar-refractivity contribution is 5.94. The van der Waals surface area contributed by atoms with E-state index in [1.54, 1.807) is 13.3 Å². The van der Waals surface area contributed by atoms with Crippen LogP contribution in [0.2, 0.25) is 0 Å². The summed E-state index contributed by atoms with van der Waals surface area (Å²) in [5.41, 5.74) is 12.9. The van der Waals surface area contributed by atoms with E-state index in [0.29, 0.717) is 61.4 Å². The molecule has 0 bridgehead atoms. The van der Waals surface area contributed by atoms with Crippen molar-refractivity contribution in [3.8, 4) is 0 Å². The van der Waals surface area contributed by atoms with Crippen molar-refractivity contribution >= 4 is 22.9 Å². The van der Waals surface area contributed by atoms with Gasteiger partial charge in [0.25, 0.3) is 5.91 Å². The maximum atomic E-state index is 13.0. The van der Waals surface area contributed by atoms with Crippen LogP contribution in [0.25, 0.3) is 11.2 Å². The highest BCUT2D eigenvalue weighted by Crippen LogP contribution is 2.44. The third kappa shape index (κ3) is 3.84. The predicted molar refractivity (Wildman–Crippen MR) is 122 cm³/mol. The van der Waals surface area contributed by atoms with Gasteiger partial charge in [0.05, 0.1) is 24.6 Å². The Labute approximate surface area is 191 Å². The minimum atomic E-state index is -1.10. The number of nitrogens with two attached hydrogens (primary N) is 2. The van der Waals surface area contributed by atoms with Crippen LogP contribution in [-0.4, -0.2) is 66.3 Å². The Morgan fingerprint density at radius 3 is 2.64 bits per heavy atom. The first kappa shape index (κ1) is 21.7. The van der Waals surface area contributed by atoms with Crippen LogP contribution < -0.4 is 11.5 Å². The topological polar surface area (TPSA) is 145 Å². The zero-order valence-electron chi connectivity index (χ0n) is 18.6. The zero-order chi connectivity index (χ0) is 23.2. The Morgan fingerprint density at radius 2 is 1.94 bits per heavy atom. The number of amides is 1. The molecule has 4 heterocycles. The number of carbonyl (C=O) groups excluding carboxylic acids is 1. The number of ether oxygens (including phenoxy) is 1. The summed E-state index contributed by atoms with van der Waals surface area (Å²) in [6.45, 7) is 3.59. The summed E-state index contributed by atoms with van der Waals surface area (Å²) in [7, 11) is 0. The van der Waals surface area contributed by atoms with Gasteiger partial charge in [-0.05, 0) is 37.5 Å². The molecule has 2 atom stereocenters. The molecule has 33 heavy (non-hydrogen) atoms. The molecule has 1 aromatic carbocycles. The van der Waals surface area contributed by atoms with Gasteiger partial charge in [0.15, 0.2) is 11.5 Å². The number of imidazole rings is 1. The fourth-order valence-corrected chi connectivity index (χ4v) is 4.95. The molecule has 2 aliphatic heterocycles. The molecule has 3 aromatic rings. The molecular weight excluding hydrogens is 422 g/mol. The van der Waals surface area contributed by atoms with E-state index in [0.717, 1.165) is 5.56 Å². The molecule has 2 fully saturated rings. The second-order valence-electron chi connectivity index (χ2n) is 9.32. The number of hydrogen-bond donors (Lipinski definition) is 3. The number of fused-ring (bicyclic) bond motifs is 1. The third-order valence-electron chi connectivity index (χ3n) is 7.08. The first-order valence-corrected chi connectivity index (χ1v) is 11.2. The van der Waals surface area contributed by atoms with Crippen molar-refractivity contribution in [2.45, 2.75) is 50.0 Å². The van der Waals surface area contributed by atoms with E-state index in [9.17, 15) is 9.90 Å². The molecule has 2 aromatic heterocycles. The lowest BCUT2D eigenvalue weighted by atomic mass is 9.77. The highest BCUT2D eigenvalue weighted by atomic mass is 16.5. The summed E-state index contributed by atoms with van der Waals surface area (Å²) >= 11 is 0. The molecule has 2 saturated heterocycles. The number of carbonyl (C=O) groups is 1. The standard InChI is InChI=1S/C23H29N7O3/c1-22(32)12-33-23(10-17(22)30-14-28-18-19(25)26-13-27-20(18)30)6-8-29(9-7-23)21(31)16-4-2-15(11-24)3-5-16/h2-5,13-14,17,32H,6-12,24H2,1H3,(H2,25,26,27)/t17-,22-/m0/s1. The molecule has 0 unspecified atom stereocenters. The molecule has 1 spiro atoms. The second-order valence-corrected chi connectivity index (χ2v) is 9.32. The monoisotopic (exact) mass is 451 g/mol. The summed E-state index contributed by atoms with van der Waals surface area (Å²) in [5, 5.41) is 11.2. The number of aliphatic hydroxyl groups is 1. The number of aromatic nitrogens is 4. The van der Waals surface area contributed by atoms with Crippen LogP contribution in [0.5, 0.6) is 0 Å². The van der Waals surface area contributed by atoms with Crippen LogP contribution in [0, 0.1) is 0 Å². The number of nitrogens with zero attached hydrogens (tertiary/aromatic N) is 5. The maximum absolute atomic E-state index is 13.0.